The summed E-state index contributed by atoms with van der Waals surface area (Å²) in [5.74, 6) is 1.32. The van der Waals surface area contributed by atoms with Crippen molar-refractivity contribution < 1.29 is 9.21 Å². The fourth-order valence-electron chi connectivity index (χ4n) is 2.70. The highest BCUT2D eigenvalue weighted by Gasteiger charge is 2.13. The first-order chi connectivity index (χ1) is 13.0. The van der Waals surface area contributed by atoms with Crippen molar-refractivity contribution in [2.75, 3.05) is 5.75 Å². The number of Topliss-reactive ketones (excluding diaryl/α,β-unsaturated/α-hetero) is 1. The number of carbonyl (C=O) groups is 1. The maximum Gasteiger partial charge on any atom is 0.277 e. The number of thioether (sulfide) groups is 1. The minimum atomic E-state index is 0.0571. The topological polar surface area (TPSA) is 56.0 Å². The third-order valence-electron chi connectivity index (χ3n) is 4.90. The first-order valence-corrected chi connectivity index (χ1v) is 10.1. The minimum absolute atomic E-state index is 0.0571. The Morgan fingerprint density at radius 3 is 2.48 bits per heavy atom. The van der Waals surface area contributed by atoms with Gasteiger partial charge in [0.1, 0.15) is 0 Å². The summed E-state index contributed by atoms with van der Waals surface area (Å²) < 4.78 is 5.70. The minimum Gasteiger partial charge on any atom is -0.411 e. The zero-order valence-corrected chi connectivity index (χ0v) is 17.0. The maximum atomic E-state index is 12.4. The van der Waals surface area contributed by atoms with Crippen molar-refractivity contribution in [3.63, 3.8) is 0 Å². The monoisotopic (exact) mass is 380 g/mol. The number of carbonyl (C=O) groups excluding carboxylic acids is 1. The first-order valence-electron chi connectivity index (χ1n) is 9.15. The molecule has 0 fully saturated rings. The van der Waals surface area contributed by atoms with E-state index in [0.717, 1.165) is 12.0 Å². The van der Waals surface area contributed by atoms with Crippen molar-refractivity contribution in [1.29, 1.82) is 0 Å². The van der Waals surface area contributed by atoms with Gasteiger partial charge in [0, 0.05) is 11.1 Å². The number of aromatic nitrogens is 2. The molecule has 1 atom stereocenters. The SMILES string of the molecule is CC[C@@H](C)c1ccc(C(=O)CSc2nnc(-c3ccc(C)c(C)c3)o2)cc1. The molecular weight excluding hydrogens is 356 g/mol. The summed E-state index contributed by atoms with van der Waals surface area (Å²) in [7, 11) is 0. The summed E-state index contributed by atoms with van der Waals surface area (Å²) in [5.41, 5.74) is 5.26. The lowest BCUT2D eigenvalue weighted by Crippen LogP contribution is -2.03. The van der Waals surface area contributed by atoms with E-state index in [9.17, 15) is 4.79 Å². The Bertz CT molecular complexity index is 932. The maximum absolute atomic E-state index is 12.4. The molecule has 1 aromatic heterocycles. The number of rotatable bonds is 7. The van der Waals surface area contributed by atoms with Gasteiger partial charge in [0.15, 0.2) is 5.78 Å². The van der Waals surface area contributed by atoms with Crippen LogP contribution in [-0.2, 0) is 0 Å². The van der Waals surface area contributed by atoms with Crippen molar-refractivity contribution in [2.45, 2.75) is 45.3 Å². The summed E-state index contributed by atoms with van der Waals surface area (Å²) in [4.78, 5) is 12.4. The molecule has 1 heterocycles. The highest BCUT2D eigenvalue weighted by Crippen LogP contribution is 2.25. The van der Waals surface area contributed by atoms with Crippen LogP contribution in [0.3, 0.4) is 0 Å². The molecule has 4 nitrogen and oxygen atoms in total. The molecule has 2 aromatic carbocycles. The number of benzene rings is 2. The molecule has 0 aliphatic rings. The smallest absolute Gasteiger partial charge is 0.277 e. The Morgan fingerprint density at radius 2 is 1.81 bits per heavy atom. The molecule has 0 aliphatic carbocycles. The third kappa shape index (κ3) is 4.66. The van der Waals surface area contributed by atoms with E-state index in [-0.39, 0.29) is 11.5 Å². The van der Waals surface area contributed by atoms with Gasteiger partial charge in [-0.3, -0.25) is 4.79 Å². The van der Waals surface area contributed by atoms with Crippen molar-refractivity contribution in [3.8, 4) is 11.5 Å². The van der Waals surface area contributed by atoms with Crippen LogP contribution in [0.15, 0.2) is 52.1 Å². The van der Waals surface area contributed by atoms with E-state index >= 15 is 0 Å². The number of hydrogen-bond donors (Lipinski definition) is 0. The molecule has 0 spiro atoms. The molecule has 3 rings (SSSR count). The average molecular weight is 381 g/mol. The Labute approximate surface area is 164 Å². The van der Waals surface area contributed by atoms with Crippen LogP contribution in [0.25, 0.3) is 11.5 Å². The number of ketones is 1. The van der Waals surface area contributed by atoms with Gasteiger partial charge in [0.25, 0.3) is 5.22 Å². The fourth-order valence-corrected chi connectivity index (χ4v) is 3.36. The standard InChI is InChI=1S/C22H24N2O2S/c1-5-14(2)17-8-10-18(11-9-17)20(25)13-27-22-24-23-21(26-22)19-7-6-15(3)16(4)12-19/h6-12,14H,5,13H2,1-4H3/t14-/m1/s1. The molecule has 0 amide bonds. The van der Waals surface area contributed by atoms with Crippen molar-refractivity contribution in [2.24, 2.45) is 0 Å². The summed E-state index contributed by atoms with van der Waals surface area (Å²) in [6.07, 6.45) is 1.09. The van der Waals surface area contributed by atoms with Gasteiger partial charge in [-0.05, 0) is 55.0 Å². The van der Waals surface area contributed by atoms with Crippen LogP contribution in [0.1, 0.15) is 53.2 Å². The molecule has 0 bridgehead atoms. The van der Waals surface area contributed by atoms with Gasteiger partial charge in [-0.2, -0.15) is 0 Å². The predicted molar refractivity (Wildman–Crippen MR) is 109 cm³/mol. The van der Waals surface area contributed by atoms with Gasteiger partial charge < -0.3 is 4.42 Å². The van der Waals surface area contributed by atoms with Crippen LogP contribution < -0.4 is 0 Å². The van der Waals surface area contributed by atoms with E-state index in [1.165, 1.54) is 28.5 Å². The number of aryl methyl sites for hydroxylation is 2. The van der Waals surface area contributed by atoms with E-state index < -0.39 is 0 Å². The third-order valence-corrected chi connectivity index (χ3v) is 5.72. The lowest BCUT2D eigenvalue weighted by molar-refractivity contribution is 0.102. The predicted octanol–water partition coefficient (Wildman–Crippen LogP) is 5.84. The van der Waals surface area contributed by atoms with Gasteiger partial charge in [0.05, 0.1) is 5.75 Å². The Kier molecular flexibility index (Phi) is 6.11. The zero-order chi connectivity index (χ0) is 19.4. The molecular formula is C22H24N2O2S. The Morgan fingerprint density at radius 1 is 1.07 bits per heavy atom. The van der Waals surface area contributed by atoms with E-state index in [4.69, 9.17) is 4.42 Å². The molecule has 0 N–H and O–H groups in total. The zero-order valence-electron chi connectivity index (χ0n) is 16.2. The largest absolute Gasteiger partial charge is 0.411 e. The van der Waals surface area contributed by atoms with Crippen LogP contribution >= 0.6 is 11.8 Å². The molecule has 0 saturated carbocycles. The lowest BCUT2D eigenvalue weighted by atomic mass is 9.97. The summed E-state index contributed by atoms with van der Waals surface area (Å²) in [6, 6.07) is 13.9. The van der Waals surface area contributed by atoms with Crippen molar-refractivity contribution >= 4 is 17.5 Å². The molecule has 27 heavy (non-hydrogen) atoms. The van der Waals surface area contributed by atoms with E-state index in [2.05, 4.69) is 37.9 Å². The van der Waals surface area contributed by atoms with E-state index in [1.54, 1.807) is 0 Å². The van der Waals surface area contributed by atoms with Crippen LogP contribution in [0.2, 0.25) is 0 Å². The van der Waals surface area contributed by atoms with Crippen LogP contribution in [-0.4, -0.2) is 21.7 Å². The van der Waals surface area contributed by atoms with E-state index in [1.807, 2.05) is 42.5 Å². The van der Waals surface area contributed by atoms with Crippen LogP contribution in [0, 0.1) is 13.8 Å². The second-order valence-corrected chi connectivity index (χ2v) is 7.74. The van der Waals surface area contributed by atoms with Gasteiger partial charge in [0.2, 0.25) is 5.89 Å². The van der Waals surface area contributed by atoms with Crippen molar-refractivity contribution in [3.05, 3.63) is 64.7 Å². The lowest BCUT2D eigenvalue weighted by Gasteiger charge is -2.09. The van der Waals surface area contributed by atoms with Gasteiger partial charge in [-0.1, -0.05) is 55.9 Å². The molecule has 0 aliphatic heterocycles. The summed E-state index contributed by atoms with van der Waals surface area (Å²) >= 11 is 1.27. The highest BCUT2D eigenvalue weighted by molar-refractivity contribution is 7.99. The second-order valence-electron chi connectivity index (χ2n) is 6.82. The fraction of sp³-hybridized carbons (Fsp3) is 0.318. The van der Waals surface area contributed by atoms with E-state index in [0.29, 0.717) is 22.6 Å². The molecule has 0 unspecified atom stereocenters. The summed E-state index contributed by atoms with van der Waals surface area (Å²) in [6.45, 7) is 8.47. The molecule has 5 heteroatoms. The number of hydrogen-bond acceptors (Lipinski definition) is 5. The molecule has 0 saturated heterocycles. The van der Waals surface area contributed by atoms with Crippen LogP contribution in [0.4, 0.5) is 0 Å². The normalized spacial score (nSPS) is 12.1. The Hall–Kier alpha value is -2.40. The molecule has 0 radical (unpaired) electrons. The van der Waals surface area contributed by atoms with Gasteiger partial charge in [-0.25, -0.2) is 0 Å². The molecule has 140 valence electrons. The molecule has 3 aromatic rings. The Balaban J connectivity index is 1.62. The highest BCUT2D eigenvalue weighted by atomic mass is 32.2. The van der Waals surface area contributed by atoms with Crippen LogP contribution in [0.5, 0.6) is 0 Å². The van der Waals surface area contributed by atoms with Gasteiger partial charge in [-0.15, -0.1) is 10.2 Å². The van der Waals surface area contributed by atoms with Crippen molar-refractivity contribution in [1.82, 2.24) is 10.2 Å². The quantitative estimate of drug-likeness (QED) is 0.380. The van der Waals surface area contributed by atoms with Gasteiger partial charge >= 0.3 is 0 Å². The average Bonchev–Trinajstić information content (AvgIpc) is 3.16. The summed E-state index contributed by atoms with van der Waals surface area (Å²) in [5, 5.41) is 8.56. The second kappa shape index (κ2) is 8.53. The first kappa shape index (κ1) is 19.4. The number of nitrogens with zero attached hydrogens (tertiary/aromatic N) is 2.